The van der Waals surface area contributed by atoms with E-state index in [0.29, 0.717) is 33.5 Å². The molecule has 7 heteroatoms. The highest BCUT2D eigenvalue weighted by molar-refractivity contribution is 6.10. The highest BCUT2D eigenvalue weighted by Crippen LogP contribution is 2.37. The van der Waals surface area contributed by atoms with Gasteiger partial charge >= 0.3 is 5.97 Å². The zero-order valence-corrected chi connectivity index (χ0v) is 16.0. The number of aromatic amines is 1. The van der Waals surface area contributed by atoms with E-state index in [1.165, 1.54) is 26.4 Å². The number of hydrogen-bond donors (Lipinski definition) is 1. The topological polar surface area (TPSA) is 78.3 Å². The van der Waals surface area contributed by atoms with Crippen LogP contribution in [0.1, 0.15) is 29.8 Å². The smallest absolute Gasteiger partial charge is 0.342 e. The number of aromatic nitrogens is 1. The molecule has 0 aliphatic heterocycles. The second-order valence-electron chi connectivity index (χ2n) is 6.49. The van der Waals surface area contributed by atoms with Gasteiger partial charge in [0.1, 0.15) is 11.4 Å². The number of ether oxygens (including phenoxy) is 2. The number of methoxy groups -OCH3 is 2. The van der Waals surface area contributed by atoms with Crippen molar-refractivity contribution in [2.24, 2.45) is 0 Å². The number of rotatable bonds is 5. The molecule has 28 heavy (non-hydrogen) atoms. The maximum atomic E-state index is 14.3. The Kier molecular flexibility index (Phi) is 5.23. The van der Waals surface area contributed by atoms with E-state index in [4.69, 9.17) is 14.7 Å². The van der Waals surface area contributed by atoms with Crippen LogP contribution >= 0.6 is 0 Å². The molecule has 0 fully saturated rings. The first-order chi connectivity index (χ1) is 13.4. The van der Waals surface area contributed by atoms with E-state index in [1.807, 2.05) is 13.8 Å². The van der Waals surface area contributed by atoms with Crippen LogP contribution in [0.4, 0.5) is 15.9 Å². The Labute approximate surface area is 162 Å². The van der Waals surface area contributed by atoms with Gasteiger partial charge in [0.05, 0.1) is 25.9 Å². The van der Waals surface area contributed by atoms with E-state index in [-0.39, 0.29) is 11.8 Å². The largest absolute Gasteiger partial charge is 0.494 e. The molecule has 0 atom stereocenters. The molecule has 144 valence electrons. The standard InChI is InChI=1S/C21H20FN3O3/c1-12(2)25(14-6-8-18(27-3)16(22)10-14)20-19(21(26)28-4)15-7-5-13(11-23)9-17(15)24-20/h5-10,12,24H,1-4H3. The number of anilines is 2. The molecular formula is C21H20FN3O3. The molecule has 6 nitrogen and oxygen atoms in total. The third kappa shape index (κ3) is 3.25. The molecule has 0 amide bonds. The molecule has 3 rings (SSSR count). The Hall–Kier alpha value is -3.53. The fourth-order valence-electron chi connectivity index (χ4n) is 3.23. The molecular weight excluding hydrogens is 361 g/mol. The monoisotopic (exact) mass is 381 g/mol. The predicted octanol–water partition coefficient (Wildman–Crippen LogP) is 4.52. The van der Waals surface area contributed by atoms with Gasteiger partial charge in [-0.15, -0.1) is 0 Å². The maximum Gasteiger partial charge on any atom is 0.342 e. The van der Waals surface area contributed by atoms with Gasteiger partial charge in [-0.2, -0.15) is 5.26 Å². The Morgan fingerprint density at radius 2 is 1.96 bits per heavy atom. The molecule has 0 spiro atoms. The fraction of sp³-hybridized carbons (Fsp3) is 0.238. The number of fused-ring (bicyclic) bond motifs is 1. The van der Waals surface area contributed by atoms with Crippen molar-refractivity contribution in [3.8, 4) is 11.8 Å². The van der Waals surface area contributed by atoms with Gasteiger partial charge in [-0.25, -0.2) is 9.18 Å². The van der Waals surface area contributed by atoms with Crippen LogP contribution in [0.25, 0.3) is 10.9 Å². The Morgan fingerprint density at radius 1 is 1.21 bits per heavy atom. The van der Waals surface area contributed by atoms with Crippen LogP contribution in [0.3, 0.4) is 0 Å². The quantitative estimate of drug-likeness (QED) is 0.658. The summed E-state index contributed by atoms with van der Waals surface area (Å²) in [5.74, 6) is -0.425. The highest BCUT2D eigenvalue weighted by Gasteiger charge is 2.26. The van der Waals surface area contributed by atoms with Crippen LogP contribution in [0.5, 0.6) is 5.75 Å². The SMILES string of the molecule is COC(=O)c1c(N(c2ccc(OC)c(F)c2)C(C)C)[nH]c2cc(C#N)ccc12. The summed E-state index contributed by atoms with van der Waals surface area (Å²) < 4.78 is 24.3. The molecule has 1 aromatic heterocycles. The molecule has 2 aromatic carbocycles. The summed E-state index contributed by atoms with van der Waals surface area (Å²) >= 11 is 0. The number of H-pyrrole nitrogens is 1. The molecule has 0 bridgehead atoms. The highest BCUT2D eigenvalue weighted by atomic mass is 19.1. The van der Waals surface area contributed by atoms with Crippen LogP contribution < -0.4 is 9.64 Å². The third-order valence-corrected chi connectivity index (χ3v) is 4.47. The molecule has 0 aliphatic carbocycles. The number of nitrogens with zero attached hydrogens (tertiary/aromatic N) is 2. The first kappa shape index (κ1) is 19.2. The number of benzene rings is 2. The van der Waals surface area contributed by atoms with Crippen molar-refractivity contribution in [2.45, 2.75) is 19.9 Å². The van der Waals surface area contributed by atoms with Gasteiger partial charge in [0.25, 0.3) is 0 Å². The van der Waals surface area contributed by atoms with Gasteiger partial charge in [0.2, 0.25) is 0 Å². The van der Waals surface area contributed by atoms with Crippen LogP contribution in [0.2, 0.25) is 0 Å². The lowest BCUT2D eigenvalue weighted by atomic mass is 10.1. The summed E-state index contributed by atoms with van der Waals surface area (Å²) in [5, 5.41) is 9.79. The minimum atomic E-state index is -0.523. The lowest BCUT2D eigenvalue weighted by Crippen LogP contribution is -2.27. The van der Waals surface area contributed by atoms with E-state index < -0.39 is 11.8 Å². The van der Waals surface area contributed by atoms with Gasteiger partial charge < -0.3 is 19.4 Å². The van der Waals surface area contributed by atoms with Gasteiger partial charge in [0.15, 0.2) is 11.6 Å². The van der Waals surface area contributed by atoms with Crippen LogP contribution in [0, 0.1) is 17.1 Å². The van der Waals surface area contributed by atoms with Crippen LogP contribution in [0.15, 0.2) is 36.4 Å². The van der Waals surface area contributed by atoms with Crippen LogP contribution in [-0.2, 0) is 4.74 Å². The van der Waals surface area contributed by atoms with Crippen molar-refractivity contribution < 1.29 is 18.7 Å². The van der Waals surface area contributed by atoms with Crippen molar-refractivity contribution >= 4 is 28.4 Å². The second-order valence-corrected chi connectivity index (χ2v) is 6.49. The van der Waals surface area contributed by atoms with Crippen molar-refractivity contribution in [2.75, 3.05) is 19.1 Å². The van der Waals surface area contributed by atoms with E-state index in [1.54, 1.807) is 29.2 Å². The zero-order chi connectivity index (χ0) is 20.4. The molecule has 0 saturated carbocycles. The predicted molar refractivity (Wildman–Crippen MR) is 105 cm³/mol. The first-order valence-electron chi connectivity index (χ1n) is 8.68. The zero-order valence-electron chi connectivity index (χ0n) is 16.0. The van der Waals surface area contributed by atoms with Crippen molar-refractivity contribution in [1.29, 1.82) is 5.26 Å². The molecule has 1 heterocycles. The van der Waals surface area contributed by atoms with Gasteiger partial charge in [0, 0.05) is 28.7 Å². The summed E-state index contributed by atoms with van der Waals surface area (Å²) in [6.07, 6.45) is 0. The molecule has 0 unspecified atom stereocenters. The second kappa shape index (κ2) is 7.61. The molecule has 1 N–H and O–H groups in total. The van der Waals surface area contributed by atoms with Crippen LogP contribution in [-0.4, -0.2) is 31.2 Å². The minimum Gasteiger partial charge on any atom is -0.494 e. The molecule has 3 aromatic rings. The lowest BCUT2D eigenvalue weighted by Gasteiger charge is -2.29. The Bertz CT molecular complexity index is 1080. The van der Waals surface area contributed by atoms with E-state index in [2.05, 4.69) is 11.1 Å². The first-order valence-corrected chi connectivity index (χ1v) is 8.68. The minimum absolute atomic E-state index is 0.111. The molecule has 0 aliphatic rings. The number of esters is 1. The van der Waals surface area contributed by atoms with Gasteiger partial charge in [-0.3, -0.25) is 0 Å². The molecule has 0 saturated heterocycles. The Morgan fingerprint density at radius 3 is 2.54 bits per heavy atom. The number of nitrogens with one attached hydrogen (secondary N) is 1. The molecule has 0 radical (unpaired) electrons. The number of halogens is 1. The maximum absolute atomic E-state index is 14.3. The van der Waals surface area contributed by atoms with Crippen molar-refractivity contribution in [3.63, 3.8) is 0 Å². The normalized spacial score (nSPS) is 10.8. The third-order valence-electron chi connectivity index (χ3n) is 4.47. The summed E-state index contributed by atoms with van der Waals surface area (Å²) in [4.78, 5) is 17.6. The van der Waals surface area contributed by atoms with Crippen molar-refractivity contribution in [3.05, 3.63) is 53.3 Å². The summed E-state index contributed by atoms with van der Waals surface area (Å²) in [5.41, 5.74) is 1.95. The van der Waals surface area contributed by atoms with E-state index in [9.17, 15) is 9.18 Å². The van der Waals surface area contributed by atoms with E-state index in [0.717, 1.165) is 0 Å². The average molecular weight is 381 g/mol. The number of carbonyl (C=O) groups excluding carboxylic acids is 1. The number of hydrogen-bond acceptors (Lipinski definition) is 5. The Balaban J connectivity index is 2.27. The average Bonchev–Trinajstić information content (AvgIpc) is 3.05. The van der Waals surface area contributed by atoms with Gasteiger partial charge in [-0.05, 0) is 38.1 Å². The lowest BCUT2D eigenvalue weighted by molar-refractivity contribution is 0.0604. The number of nitriles is 1. The summed E-state index contributed by atoms with van der Waals surface area (Å²) in [6.45, 7) is 3.85. The fourth-order valence-corrected chi connectivity index (χ4v) is 3.23. The number of carbonyl (C=O) groups is 1. The van der Waals surface area contributed by atoms with Gasteiger partial charge in [-0.1, -0.05) is 6.07 Å². The summed E-state index contributed by atoms with van der Waals surface area (Å²) in [7, 11) is 2.71. The van der Waals surface area contributed by atoms with E-state index >= 15 is 0 Å². The van der Waals surface area contributed by atoms with Crippen molar-refractivity contribution in [1.82, 2.24) is 4.98 Å². The summed E-state index contributed by atoms with van der Waals surface area (Å²) in [6, 6.07) is 11.6.